The first-order chi connectivity index (χ1) is 12.0. The Morgan fingerprint density at radius 1 is 1.12 bits per heavy atom. The molecular weight excluding hydrogens is 327 g/mol. The van der Waals surface area contributed by atoms with Gasteiger partial charge in [-0.05, 0) is 61.0 Å². The third-order valence-corrected chi connectivity index (χ3v) is 10.4. The van der Waals surface area contributed by atoms with Crippen molar-refractivity contribution >= 4 is 14.1 Å². The molecule has 0 aromatic heterocycles. The van der Waals surface area contributed by atoms with Gasteiger partial charge in [0.2, 0.25) is 8.45 Å². The van der Waals surface area contributed by atoms with Gasteiger partial charge < -0.3 is 9.19 Å². The van der Waals surface area contributed by atoms with Crippen molar-refractivity contribution in [3.05, 3.63) is 30.3 Å². The van der Waals surface area contributed by atoms with Crippen LogP contribution in [-0.4, -0.2) is 29.9 Å². The van der Waals surface area contributed by atoms with E-state index < -0.39 is 8.45 Å². The van der Waals surface area contributed by atoms with E-state index >= 15 is 0 Å². The lowest BCUT2D eigenvalue weighted by molar-refractivity contribution is 0.0339. The standard InChI is InChI=1S/C21H31N2OP/c1-20(2)16-11-12-21(20,3)19(14-16)24-25-22-13-7-10-18(22)15-23(25)17-8-5-4-6-9-17/h4-6,8-9,16,18-19H,7,10-15H2,1-3H3/t16-,18+,19+,21+,25?/m0/s1. The highest BCUT2D eigenvalue weighted by molar-refractivity contribution is 7.52. The minimum Gasteiger partial charge on any atom is -0.323 e. The van der Waals surface area contributed by atoms with E-state index in [2.05, 4.69) is 60.4 Å². The van der Waals surface area contributed by atoms with Crippen molar-refractivity contribution in [2.75, 3.05) is 17.8 Å². The molecular formula is C21H31N2OP. The summed E-state index contributed by atoms with van der Waals surface area (Å²) in [6.07, 6.45) is 7.11. The topological polar surface area (TPSA) is 15.7 Å². The second-order valence-corrected chi connectivity index (χ2v) is 11.0. The fourth-order valence-corrected chi connectivity index (χ4v) is 8.46. The molecule has 5 atom stereocenters. The molecule has 2 aliphatic heterocycles. The van der Waals surface area contributed by atoms with E-state index in [1.54, 1.807) is 0 Å². The summed E-state index contributed by atoms with van der Waals surface area (Å²) < 4.78 is 12.3. The third-order valence-electron chi connectivity index (χ3n) is 8.15. The van der Waals surface area contributed by atoms with Crippen LogP contribution in [0.2, 0.25) is 0 Å². The molecule has 136 valence electrons. The number of nitrogens with zero attached hydrogens (tertiary/aromatic N) is 2. The quantitative estimate of drug-likeness (QED) is 0.670. The van der Waals surface area contributed by atoms with Crippen molar-refractivity contribution in [3.8, 4) is 0 Å². The van der Waals surface area contributed by atoms with Gasteiger partial charge in [-0.1, -0.05) is 39.0 Å². The van der Waals surface area contributed by atoms with E-state index in [4.69, 9.17) is 4.52 Å². The third kappa shape index (κ3) is 2.28. The van der Waals surface area contributed by atoms with Crippen molar-refractivity contribution in [1.29, 1.82) is 0 Å². The number of hydrogen-bond donors (Lipinski definition) is 0. The first-order valence-electron chi connectivity index (χ1n) is 10.1. The van der Waals surface area contributed by atoms with Crippen LogP contribution in [0, 0.1) is 16.7 Å². The van der Waals surface area contributed by atoms with E-state index in [-0.39, 0.29) is 0 Å². The summed E-state index contributed by atoms with van der Waals surface area (Å²) in [5, 5.41) is 0. The Morgan fingerprint density at radius 3 is 2.60 bits per heavy atom. The lowest BCUT2D eigenvalue weighted by Gasteiger charge is -2.41. The molecule has 0 spiro atoms. The zero-order valence-electron chi connectivity index (χ0n) is 15.8. The fourth-order valence-electron chi connectivity index (χ4n) is 5.96. The average Bonchev–Trinajstić information content (AvgIpc) is 3.28. The molecule has 4 fully saturated rings. The zero-order chi connectivity index (χ0) is 17.2. The molecule has 1 unspecified atom stereocenters. The SMILES string of the molecule is CC1(C)[C@H]2CC[C@]1(C)[C@H](OP1N(c3ccccc3)C[C@H]3CCCN31)C2. The van der Waals surface area contributed by atoms with Crippen molar-refractivity contribution in [3.63, 3.8) is 0 Å². The molecule has 2 saturated heterocycles. The summed E-state index contributed by atoms with van der Waals surface area (Å²) in [5.74, 6) is 0.847. The Hall–Kier alpha value is -0.630. The van der Waals surface area contributed by atoms with Crippen LogP contribution in [0.25, 0.3) is 0 Å². The predicted molar refractivity (Wildman–Crippen MR) is 105 cm³/mol. The van der Waals surface area contributed by atoms with E-state index in [0.717, 1.165) is 12.5 Å². The molecule has 2 saturated carbocycles. The molecule has 0 N–H and O–H groups in total. The molecule has 1 aromatic carbocycles. The number of para-hydroxylation sites is 1. The average molecular weight is 358 g/mol. The van der Waals surface area contributed by atoms with Gasteiger partial charge in [-0.15, -0.1) is 0 Å². The molecule has 3 nitrogen and oxygen atoms in total. The van der Waals surface area contributed by atoms with Crippen LogP contribution in [0.5, 0.6) is 0 Å². The monoisotopic (exact) mass is 358 g/mol. The van der Waals surface area contributed by atoms with Gasteiger partial charge in [0, 0.05) is 24.8 Å². The Kier molecular flexibility index (Phi) is 3.76. The Balaban J connectivity index is 1.43. The number of anilines is 1. The maximum atomic E-state index is 7.04. The highest BCUT2D eigenvalue weighted by atomic mass is 31.2. The van der Waals surface area contributed by atoms with Crippen LogP contribution in [0.15, 0.2) is 30.3 Å². The Bertz CT molecular complexity index is 651. The second kappa shape index (κ2) is 5.68. The van der Waals surface area contributed by atoms with Crippen molar-refractivity contribution in [1.82, 2.24) is 4.67 Å². The van der Waals surface area contributed by atoms with Gasteiger partial charge in [-0.3, -0.25) is 0 Å². The predicted octanol–water partition coefficient (Wildman–Crippen LogP) is 5.43. The van der Waals surface area contributed by atoms with Gasteiger partial charge in [-0.25, -0.2) is 4.67 Å². The van der Waals surface area contributed by atoms with Crippen molar-refractivity contribution in [2.45, 2.75) is 65.0 Å². The van der Waals surface area contributed by atoms with Crippen LogP contribution in [0.3, 0.4) is 0 Å². The molecule has 2 heterocycles. The summed E-state index contributed by atoms with van der Waals surface area (Å²) in [7, 11) is -0.655. The molecule has 5 rings (SSSR count). The first-order valence-corrected chi connectivity index (χ1v) is 11.2. The number of hydrogen-bond acceptors (Lipinski definition) is 3. The van der Waals surface area contributed by atoms with E-state index in [1.807, 2.05) is 0 Å². The van der Waals surface area contributed by atoms with E-state index in [9.17, 15) is 0 Å². The molecule has 0 amide bonds. The molecule has 4 heteroatoms. The normalized spacial score (nSPS) is 42.3. The van der Waals surface area contributed by atoms with Crippen LogP contribution >= 0.6 is 8.45 Å². The highest BCUT2D eigenvalue weighted by Gasteiger charge is 2.63. The summed E-state index contributed by atoms with van der Waals surface area (Å²) in [4.78, 5) is 0. The second-order valence-electron chi connectivity index (χ2n) is 9.33. The lowest BCUT2D eigenvalue weighted by Crippen LogP contribution is -2.37. The minimum atomic E-state index is -0.655. The summed E-state index contributed by atoms with van der Waals surface area (Å²) in [6, 6.07) is 11.7. The fraction of sp³-hybridized carbons (Fsp3) is 0.714. The molecule has 25 heavy (non-hydrogen) atoms. The number of benzene rings is 1. The molecule has 2 bridgehead atoms. The Morgan fingerprint density at radius 2 is 1.92 bits per heavy atom. The first kappa shape index (κ1) is 16.5. The van der Waals surface area contributed by atoms with Crippen molar-refractivity contribution in [2.24, 2.45) is 16.7 Å². The molecule has 2 aliphatic carbocycles. The van der Waals surface area contributed by atoms with Gasteiger partial charge in [0.25, 0.3) is 0 Å². The summed E-state index contributed by atoms with van der Waals surface area (Å²) >= 11 is 0. The van der Waals surface area contributed by atoms with Crippen molar-refractivity contribution < 1.29 is 4.52 Å². The molecule has 0 radical (unpaired) electrons. The largest absolute Gasteiger partial charge is 0.323 e. The van der Waals surface area contributed by atoms with Crippen LogP contribution in [0.4, 0.5) is 5.69 Å². The van der Waals surface area contributed by atoms with Gasteiger partial charge in [0.05, 0.1) is 6.10 Å². The summed E-state index contributed by atoms with van der Waals surface area (Å²) in [5.41, 5.74) is 2.12. The van der Waals surface area contributed by atoms with Crippen LogP contribution < -0.4 is 4.67 Å². The molecule has 4 aliphatic rings. The summed E-state index contributed by atoms with van der Waals surface area (Å²) in [6.45, 7) is 9.85. The van der Waals surface area contributed by atoms with E-state index in [0.29, 0.717) is 23.0 Å². The van der Waals surface area contributed by atoms with Gasteiger partial charge in [0.1, 0.15) is 0 Å². The minimum absolute atomic E-state index is 0.347. The maximum absolute atomic E-state index is 7.04. The smallest absolute Gasteiger partial charge is 0.218 e. The van der Waals surface area contributed by atoms with E-state index in [1.165, 1.54) is 44.3 Å². The van der Waals surface area contributed by atoms with Gasteiger partial charge in [0.15, 0.2) is 0 Å². The van der Waals surface area contributed by atoms with Gasteiger partial charge >= 0.3 is 0 Å². The lowest BCUT2D eigenvalue weighted by atomic mass is 9.70. The van der Waals surface area contributed by atoms with Gasteiger partial charge in [-0.2, -0.15) is 0 Å². The number of fused-ring (bicyclic) bond motifs is 3. The zero-order valence-corrected chi connectivity index (χ0v) is 16.7. The molecule has 1 aromatic rings. The Labute approximate surface area is 153 Å². The van der Waals surface area contributed by atoms with Crippen LogP contribution in [0.1, 0.15) is 52.9 Å². The van der Waals surface area contributed by atoms with Crippen LogP contribution in [-0.2, 0) is 4.52 Å². The maximum Gasteiger partial charge on any atom is 0.218 e. The number of rotatable bonds is 3. The highest BCUT2D eigenvalue weighted by Crippen LogP contribution is 2.69.